The molecule has 0 heterocycles. The van der Waals surface area contributed by atoms with Crippen LogP contribution < -0.4 is 0 Å². The highest BCUT2D eigenvalue weighted by molar-refractivity contribution is 5.71. The first-order valence-corrected chi connectivity index (χ1v) is 10.6. The van der Waals surface area contributed by atoms with Crippen LogP contribution in [0, 0.1) is 39.9 Å². The van der Waals surface area contributed by atoms with Gasteiger partial charge in [-0.1, -0.05) is 20.3 Å². The van der Waals surface area contributed by atoms with Crippen molar-refractivity contribution in [2.75, 3.05) is 6.61 Å². The van der Waals surface area contributed by atoms with Gasteiger partial charge in [-0.15, -0.1) is 0 Å². The summed E-state index contributed by atoms with van der Waals surface area (Å²) in [5, 5.41) is 9.70. The molecular formula is C22H34O4. The van der Waals surface area contributed by atoms with Crippen LogP contribution in [-0.2, 0) is 14.3 Å². The van der Waals surface area contributed by atoms with Gasteiger partial charge < -0.3 is 9.84 Å². The molecule has 4 fully saturated rings. The third-order valence-electron chi connectivity index (χ3n) is 9.18. The fourth-order valence-electron chi connectivity index (χ4n) is 8.31. The van der Waals surface area contributed by atoms with Gasteiger partial charge in [0.15, 0.2) is 0 Å². The zero-order valence-corrected chi connectivity index (χ0v) is 16.6. The van der Waals surface area contributed by atoms with Crippen LogP contribution in [0.3, 0.4) is 0 Å². The van der Waals surface area contributed by atoms with Crippen LogP contribution in [0.4, 0.5) is 0 Å². The monoisotopic (exact) mass is 362 g/mol. The highest BCUT2D eigenvalue weighted by atomic mass is 16.5. The molecule has 1 spiro atoms. The topological polar surface area (TPSA) is 63.6 Å². The quantitative estimate of drug-likeness (QED) is 0.742. The number of rotatable bonds is 3. The van der Waals surface area contributed by atoms with Crippen molar-refractivity contribution < 1.29 is 19.4 Å². The summed E-state index contributed by atoms with van der Waals surface area (Å²) in [4.78, 5) is 23.2. The molecule has 0 amide bonds. The molecule has 146 valence electrons. The molecule has 26 heavy (non-hydrogen) atoms. The van der Waals surface area contributed by atoms with E-state index < -0.39 is 5.97 Å². The fraction of sp³-hybridized carbons (Fsp3) is 0.909. The summed E-state index contributed by atoms with van der Waals surface area (Å²) in [6.45, 7) is 6.87. The molecule has 4 saturated carbocycles. The first kappa shape index (κ1) is 18.3. The van der Waals surface area contributed by atoms with Crippen molar-refractivity contribution in [1.29, 1.82) is 0 Å². The molecule has 0 aromatic heterocycles. The van der Waals surface area contributed by atoms with Crippen LogP contribution in [0.5, 0.6) is 0 Å². The normalized spacial score (nSPS) is 49.8. The lowest BCUT2D eigenvalue weighted by atomic mass is 9.41. The summed E-state index contributed by atoms with van der Waals surface area (Å²) in [5.74, 6) is 0.774. The predicted octanol–water partition coefficient (Wildman–Crippen LogP) is 4.66. The number of hydrogen-bond acceptors (Lipinski definition) is 3. The Kier molecular flexibility index (Phi) is 4.20. The SMILES string of the molecule is CC(=O)OC[C@]1(C)CCC[C@]2(C)[C@@H]1CC[C@@]13C[C@@H](CC[C@H]12)[C@@H](C(=O)O)C3. The number of carbonyl (C=O) groups excluding carboxylic acids is 1. The number of carboxylic acids is 1. The number of carbonyl (C=O) groups is 2. The van der Waals surface area contributed by atoms with Gasteiger partial charge in [-0.2, -0.15) is 0 Å². The van der Waals surface area contributed by atoms with E-state index >= 15 is 0 Å². The molecule has 2 bridgehead atoms. The maximum absolute atomic E-state index is 11.8. The molecule has 0 saturated heterocycles. The van der Waals surface area contributed by atoms with E-state index in [1.165, 1.54) is 39.0 Å². The second kappa shape index (κ2) is 5.97. The molecule has 0 aromatic rings. The third-order valence-corrected chi connectivity index (χ3v) is 9.18. The van der Waals surface area contributed by atoms with Gasteiger partial charge in [-0.05, 0) is 80.0 Å². The van der Waals surface area contributed by atoms with Crippen molar-refractivity contribution in [2.45, 2.75) is 78.6 Å². The highest BCUT2D eigenvalue weighted by Crippen LogP contribution is 2.72. The lowest BCUT2D eigenvalue weighted by molar-refractivity contribution is -0.172. The van der Waals surface area contributed by atoms with Gasteiger partial charge >= 0.3 is 11.9 Å². The van der Waals surface area contributed by atoms with Gasteiger partial charge in [-0.25, -0.2) is 0 Å². The van der Waals surface area contributed by atoms with Crippen molar-refractivity contribution in [3.05, 3.63) is 0 Å². The average molecular weight is 363 g/mol. The summed E-state index contributed by atoms with van der Waals surface area (Å²) in [6.07, 6.45) is 10.3. The molecular weight excluding hydrogens is 328 g/mol. The Bertz CT molecular complexity index is 615. The lowest BCUT2D eigenvalue weighted by Crippen LogP contribution is -2.57. The van der Waals surface area contributed by atoms with Gasteiger partial charge in [0.25, 0.3) is 0 Å². The molecule has 0 aromatic carbocycles. The summed E-state index contributed by atoms with van der Waals surface area (Å²) in [6, 6.07) is 0. The molecule has 4 heteroatoms. The largest absolute Gasteiger partial charge is 0.481 e. The van der Waals surface area contributed by atoms with E-state index in [9.17, 15) is 14.7 Å². The lowest BCUT2D eigenvalue weighted by Gasteiger charge is -2.64. The summed E-state index contributed by atoms with van der Waals surface area (Å²) in [5.41, 5.74) is 0.600. The predicted molar refractivity (Wildman–Crippen MR) is 98.4 cm³/mol. The Hall–Kier alpha value is -1.06. The second-order valence-electron chi connectivity index (χ2n) is 10.5. The highest BCUT2D eigenvalue weighted by Gasteiger charge is 2.65. The Labute approximate surface area is 157 Å². The van der Waals surface area contributed by atoms with Gasteiger partial charge in [-0.3, -0.25) is 9.59 Å². The molecule has 4 aliphatic rings. The standard InChI is InChI=1S/C22H34O4/c1-14(23)26-13-20(2)8-4-9-21(3)17(20)7-10-22-11-15(5-6-18(21)22)16(12-22)19(24)25/h15-18H,4-13H2,1-3H3,(H,24,25)/t15-,16+,17-,18+,20+,21-,22+/m1/s1. The molecule has 7 atom stereocenters. The minimum absolute atomic E-state index is 0.0714. The van der Waals surface area contributed by atoms with Crippen LogP contribution in [0.2, 0.25) is 0 Å². The Morgan fingerprint density at radius 2 is 1.81 bits per heavy atom. The minimum Gasteiger partial charge on any atom is -0.481 e. The smallest absolute Gasteiger partial charge is 0.306 e. The van der Waals surface area contributed by atoms with Gasteiger partial charge in [0, 0.05) is 12.3 Å². The van der Waals surface area contributed by atoms with E-state index in [0.717, 1.165) is 25.7 Å². The molecule has 0 radical (unpaired) electrons. The number of fused-ring (bicyclic) bond motifs is 3. The molecule has 4 aliphatic carbocycles. The summed E-state index contributed by atoms with van der Waals surface area (Å²) in [7, 11) is 0. The Balaban J connectivity index is 1.63. The van der Waals surface area contributed by atoms with Crippen molar-refractivity contribution >= 4 is 11.9 Å². The van der Waals surface area contributed by atoms with Gasteiger partial charge in [0.1, 0.15) is 0 Å². The van der Waals surface area contributed by atoms with E-state index in [4.69, 9.17) is 4.74 Å². The summed E-state index contributed by atoms with van der Waals surface area (Å²) >= 11 is 0. The maximum atomic E-state index is 11.8. The van der Waals surface area contributed by atoms with Crippen LogP contribution >= 0.6 is 0 Å². The van der Waals surface area contributed by atoms with E-state index in [-0.39, 0.29) is 28.1 Å². The number of ether oxygens (including phenoxy) is 1. The van der Waals surface area contributed by atoms with Crippen molar-refractivity contribution in [3.8, 4) is 0 Å². The van der Waals surface area contributed by atoms with Gasteiger partial charge in [0.05, 0.1) is 12.5 Å². The van der Waals surface area contributed by atoms with E-state index in [1.54, 1.807) is 0 Å². The zero-order valence-electron chi connectivity index (χ0n) is 16.6. The van der Waals surface area contributed by atoms with E-state index in [2.05, 4.69) is 13.8 Å². The van der Waals surface area contributed by atoms with Crippen LogP contribution in [-0.4, -0.2) is 23.7 Å². The van der Waals surface area contributed by atoms with E-state index in [1.807, 2.05) is 0 Å². The second-order valence-corrected chi connectivity index (χ2v) is 10.5. The average Bonchev–Trinajstić information content (AvgIpc) is 2.84. The zero-order chi connectivity index (χ0) is 18.7. The Morgan fingerprint density at radius 1 is 1.04 bits per heavy atom. The Morgan fingerprint density at radius 3 is 2.50 bits per heavy atom. The molecule has 0 unspecified atom stereocenters. The fourth-order valence-corrected chi connectivity index (χ4v) is 8.31. The third kappa shape index (κ3) is 2.54. The van der Waals surface area contributed by atoms with Crippen molar-refractivity contribution in [1.82, 2.24) is 0 Å². The van der Waals surface area contributed by atoms with Gasteiger partial charge in [0.2, 0.25) is 0 Å². The van der Waals surface area contributed by atoms with Crippen LogP contribution in [0.15, 0.2) is 0 Å². The minimum atomic E-state index is -0.567. The number of aliphatic carboxylic acids is 1. The van der Waals surface area contributed by atoms with Crippen molar-refractivity contribution in [2.24, 2.45) is 39.9 Å². The molecule has 4 rings (SSSR count). The van der Waals surface area contributed by atoms with Crippen LogP contribution in [0.25, 0.3) is 0 Å². The first-order chi connectivity index (χ1) is 12.2. The van der Waals surface area contributed by atoms with E-state index in [0.29, 0.717) is 24.4 Å². The molecule has 1 N–H and O–H groups in total. The summed E-state index contributed by atoms with van der Waals surface area (Å²) < 4.78 is 5.51. The maximum Gasteiger partial charge on any atom is 0.306 e. The molecule has 4 nitrogen and oxygen atoms in total. The number of hydrogen-bond donors (Lipinski definition) is 1. The first-order valence-electron chi connectivity index (χ1n) is 10.6. The van der Waals surface area contributed by atoms with Crippen molar-refractivity contribution in [3.63, 3.8) is 0 Å². The number of carboxylic acid groups (broad SMARTS) is 1. The van der Waals surface area contributed by atoms with Crippen LogP contribution in [0.1, 0.15) is 78.6 Å². The molecule has 0 aliphatic heterocycles. The number of esters is 1.